The fourth-order valence-electron chi connectivity index (χ4n) is 7.96. The van der Waals surface area contributed by atoms with Crippen LogP contribution in [0, 0.1) is 11.7 Å². The smallest absolute Gasteiger partial charge is 0.410 e. The summed E-state index contributed by atoms with van der Waals surface area (Å²) in [5, 5.41) is 7.85. The van der Waals surface area contributed by atoms with Crippen molar-refractivity contribution in [2.24, 2.45) is 5.92 Å². The van der Waals surface area contributed by atoms with Crippen LogP contribution in [0.15, 0.2) is 66.1 Å². The molecule has 3 aromatic rings. The lowest BCUT2D eigenvalue weighted by atomic mass is 10.0. The van der Waals surface area contributed by atoms with Crippen LogP contribution in [0.5, 0.6) is 0 Å². The average Bonchev–Trinajstić information content (AvgIpc) is 4.07. The Morgan fingerprint density at radius 2 is 1.80 bits per heavy atom. The molecular weight excluding hydrogens is 760 g/mol. The number of allylic oxidation sites excluding steroid dienone is 1. The van der Waals surface area contributed by atoms with E-state index >= 15 is 0 Å². The van der Waals surface area contributed by atoms with E-state index in [0.29, 0.717) is 62.4 Å². The van der Waals surface area contributed by atoms with Gasteiger partial charge in [-0.3, -0.25) is 19.1 Å². The summed E-state index contributed by atoms with van der Waals surface area (Å²) in [6.45, 7) is 0.790. The maximum Gasteiger partial charge on any atom is 0.410 e. The lowest BCUT2D eigenvalue weighted by molar-refractivity contribution is -0.140. The van der Waals surface area contributed by atoms with Crippen LogP contribution in [0.3, 0.4) is 0 Å². The van der Waals surface area contributed by atoms with E-state index < -0.39 is 62.8 Å². The van der Waals surface area contributed by atoms with Gasteiger partial charge in [0.1, 0.15) is 29.5 Å². The van der Waals surface area contributed by atoms with Crippen molar-refractivity contribution in [3.63, 3.8) is 0 Å². The Balaban J connectivity index is 1.05. The van der Waals surface area contributed by atoms with E-state index in [-0.39, 0.29) is 31.1 Å². The van der Waals surface area contributed by atoms with E-state index in [0.717, 1.165) is 24.0 Å². The SMILES string of the molecule is O=C1N[C@]2(C(=O)NS(=O)(=O)C3CC3)C[C@@H]2/C=C\CCCCC[C@H](Nc2nc(-c3ccc(F)cc3)cs2)C(=O)N2C[C@H](OC(=O)N3CCc4ccccc4C3)C[C@@H]12. The number of carbonyl (C=O) groups is 4. The molecule has 16 heteroatoms. The number of ether oxygens (including phenoxy) is 1. The Morgan fingerprint density at radius 1 is 1.02 bits per heavy atom. The van der Waals surface area contributed by atoms with Crippen LogP contribution < -0.4 is 15.4 Å². The highest BCUT2D eigenvalue weighted by Gasteiger charge is 2.62. The summed E-state index contributed by atoms with van der Waals surface area (Å²) in [5.74, 6) is -2.59. The van der Waals surface area contributed by atoms with Crippen LogP contribution in [0.1, 0.15) is 68.9 Å². The molecule has 13 nitrogen and oxygen atoms in total. The van der Waals surface area contributed by atoms with Crippen LogP contribution in [-0.2, 0) is 42.1 Å². The van der Waals surface area contributed by atoms with Crippen molar-refractivity contribution in [3.8, 4) is 11.3 Å². The summed E-state index contributed by atoms with van der Waals surface area (Å²) in [7, 11) is -3.89. The zero-order valence-corrected chi connectivity index (χ0v) is 32.5. The van der Waals surface area contributed by atoms with Crippen LogP contribution in [0.2, 0.25) is 0 Å². The Kier molecular flexibility index (Phi) is 10.6. The molecule has 5 aliphatic rings. The number of rotatable bonds is 7. The van der Waals surface area contributed by atoms with Crippen molar-refractivity contribution in [2.45, 2.75) is 99.7 Å². The predicted molar refractivity (Wildman–Crippen MR) is 207 cm³/mol. The minimum atomic E-state index is -3.89. The number of hydrogen-bond donors (Lipinski definition) is 3. The number of aromatic nitrogens is 1. The first-order valence-electron chi connectivity index (χ1n) is 19.3. The molecule has 3 fully saturated rings. The molecular formula is C40H45FN6O7S2. The number of benzene rings is 2. The van der Waals surface area contributed by atoms with Gasteiger partial charge in [-0.25, -0.2) is 22.6 Å². The second-order valence-corrected chi connectivity index (χ2v) is 18.3. The largest absolute Gasteiger partial charge is 0.444 e. The van der Waals surface area contributed by atoms with Crippen LogP contribution in [-0.4, -0.2) is 89.1 Å². The van der Waals surface area contributed by atoms with E-state index in [1.54, 1.807) is 17.0 Å². The Labute approximate surface area is 329 Å². The predicted octanol–water partition coefficient (Wildman–Crippen LogP) is 4.90. The molecule has 2 aromatic carbocycles. The van der Waals surface area contributed by atoms with Crippen LogP contribution in [0.4, 0.5) is 14.3 Å². The summed E-state index contributed by atoms with van der Waals surface area (Å²) in [6.07, 6.45) is 7.76. The van der Waals surface area contributed by atoms with Crippen molar-refractivity contribution in [1.29, 1.82) is 0 Å². The molecule has 2 saturated carbocycles. The first kappa shape index (κ1) is 38.1. The Morgan fingerprint density at radius 3 is 2.59 bits per heavy atom. The van der Waals surface area contributed by atoms with Crippen LogP contribution >= 0.6 is 11.3 Å². The fraction of sp³-hybridized carbons (Fsp3) is 0.475. The van der Waals surface area contributed by atoms with E-state index in [2.05, 4.69) is 20.3 Å². The first-order valence-corrected chi connectivity index (χ1v) is 21.8. The van der Waals surface area contributed by atoms with Crippen molar-refractivity contribution in [1.82, 2.24) is 24.8 Å². The highest BCUT2D eigenvalue weighted by Crippen LogP contribution is 2.46. The van der Waals surface area contributed by atoms with Gasteiger partial charge in [0.15, 0.2) is 5.13 Å². The molecule has 296 valence electrons. The van der Waals surface area contributed by atoms with Gasteiger partial charge >= 0.3 is 6.09 Å². The molecule has 3 aliphatic heterocycles. The number of halogens is 1. The van der Waals surface area contributed by atoms with Gasteiger partial charge in [0, 0.05) is 36.4 Å². The van der Waals surface area contributed by atoms with Crippen molar-refractivity contribution >= 4 is 50.3 Å². The zero-order chi connectivity index (χ0) is 39.0. The van der Waals surface area contributed by atoms with Gasteiger partial charge in [-0.2, -0.15) is 0 Å². The van der Waals surface area contributed by atoms with Gasteiger partial charge in [0.05, 0.1) is 17.5 Å². The zero-order valence-electron chi connectivity index (χ0n) is 30.8. The normalized spacial score (nSPS) is 27.4. The molecule has 2 aliphatic carbocycles. The molecule has 4 amide bonds. The topological polar surface area (TPSA) is 167 Å². The number of fused-ring (bicyclic) bond motifs is 3. The summed E-state index contributed by atoms with van der Waals surface area (Å²) in [5.41, 5.74) is 2.03. The van der Waals surface area contributed by atoms with Crippen LogP contribution in [0.25, 0.3) is 11.3 Å². The minimum absolute atomic E-state index is 0.00892. The molecule has 56 heavy (non-hydrogen) atoms. The Bertz CT molecular complexity index is 2140. The molecule has 1 aromatic heterocycles. The van der Waals surface area contributed by atoms with Gasteiger partial charge in [0.2, 0.25) is 21.8 Å². The van der Waals surface area contributed by atoms with E-state index in [1.165, 1.54) is 33.9 Å². The number of nitrogens with one attached hydrogen (secondary N) is 3. The Hall–Kier alpha value is -4.83. The van der Waals surface area contributed by atoms with Gasteiger partial charge in [-0.1, -0.05) is 49.3 Å². The fourth-order valence-corrected chi connectivity index (χ4v) is 10.1. The third kappa shape index (κ3) is 8.17. The van der Waals surface area contributed by atoms with Crippen molar-refractivity contribution in [2.75, 3.05) is 18.4 Å². The third-order valence-electron chi connectivity index (χ3n) is 11.4. The summed E-state index contributed by atoms with van der Waals surface area (Å²) in [4.78, 5) is 64.1. The standard InChI is InChI=1S/C40H45FN6O7S2/c41-29-14-12-26(13-15-29)33-24-55-38(43-33)42-32-11-5-3-1-2-4-10-28-21-40(28,37(50)45-56(52,53)31-16-17-31)44-35(48)34-20-30(23-47(34)36(32)49)54-39(51)46-19-18-25-8-6-7-9-27(25)22-46/h4,6-10,12-15,24,28,30-32,34H,1-3,5,11,16-23H2,(H,42,43)(H,44,48)(H,45,50)/b10-4-/t28-,30+,32-,34-,40+/m0/s1. The first-order chi connectivity index (χ1) is 27.0. The highest BCUT2D eigenvalue weighted by atomic mass is 32.2. The molecule has 0 unspecified atom stereocenters. The van der Waals surface area contributed by atoms with Gasteiger partial charge in [-0.05, 0) is 80.3 Å². The molecule has 8 rings (SSSR count). The molecule has 0 bridgehead atoms. The number of anilines is 1. The third-order valence-corrected chi connectivity index (χ3v) is 14.0. The maximum absolute atomic E-state index is 14.7. The summed E-state index contributed by atoms with van der Waals surface area (Å²) >= 11 is 1.30. The van der Waals surface area contributed by atoms with E-state index in [1.807, 2.05) is 41.8 Å². The molecule has 3 N–H and O–H groups in total. The average molecular weight is 805 g/mol. The maximum atomic E-state index is 14.7. The number of sulfonamides is 1. The number of thiazole rings is 1. The number of hydrogen-bond acceptors (Lipinski definition) is 10. The highest BCUT2D eigenvalue weighted by molar-refractivity contribution is 7.91. The lowest BCUT2D eigenvalue weighted by Gasteiger charge is -2.30. The monoisotopic (exact) mass is 804 g/mol. The molecule has 0 spiro atoms. The summed E-state index contributed by atoms with van der Waals surface area (Å²) < 4.78 is 47.5. The van der Waals surface area contributed by atoms with Gasteiger partial charge in [-0.15, -0.1) is 11.3 Å². The number of carbonyl (C=O) groups excluding carboxylic acids is 4. The van der Waals surface area contributed by atoms with Crippen molar-refractivity contribution < 1.29 is 36.7 Å². The van der Waals surface area contributed by atoms with E-state index in [4.69, 9.17) is 4.74 Å². The molecule has 1 saturated heterocycles. The number of nitrogens with zero attached hydrogens (tertiary/aromatic N) is 3. The minimum Gasteiger partial charge on any atom is -0.444 e. The van der Waals surface area contributed by atoms with Gasteiger partial charge in [0.25, 0.3) is 5.91 Å². The van der Waals surface area contributed by atoms with Gasteiger partial charge < -0.3 is 25.2 Å². The molecule has 0 radical (unpaired) electrons. The second kappa shape index (κ2) is 15.6. The second-order valence-electron chi connectivity index (χ2n) is 15.4. The number of amides is 4. The lowest BCUT2D eigenvalue weighted by Crippen LogP contribution is -2.57. The van der Waals surface area contributed by atoms with E-state index in [9.17, 15) is 32.0 Å². The van der Waals surface area contributed by atoms with Crippen molar-refractivity contribution in [3.05, 3.63) is 83.0 Å². The molecule has 4 heterocycles. The summed E-state index contributed by atoms with van der Waals surface area (Å²) in [6, 6.07) is 12.0. The quantitative estimate of drug-likeness (QED) is 0.282. The molecule has 5 atom stereocenters.